The van der Waals surface area contributed by atoms with Crippen LogP contribution in [-0.2, 0) is 41.7 Å². The van der Waals surface area contributed by atoms with E-state index >= 15 is 0 Å². The maximum Gasteiger partial charge on any atom is 0.408 e. The lowest BCUT2D eigenvalue weighted by Crippen LogP contribution is -2.46. The van der Waals surface area contributed by atoms with Crippen molar-refractivity contribution < 1.29 is 38.6 Å². The Labute approximate surface area is 293 Å². The molecule has 2 aromatic carbocycles. The third-order valence-corrected chi connectivity index (χ3v) is 8.64. The highest BCUT2D eigenvalue weighted by Gasteiger charge is 2.30. The summed E-state index contributed by atoms with van der Waals surface area (Å²) < 4.78 is 5.14. The highest BCUT2D eigenvalue weighted by molar-refractivity contribution is 7.98. The van der Waals surface area contributed by atoms with Crippen molar-refractivity contribution in [3.05, 3.63) is 71.8 Å². The first kappa shape index (κ1) is 41.0. The summed E-state index contributed by atoms with van der Waals surface area (Å²) in [5, 5.41) is 17.7. The van der Waals surface area contributed by atoms with Crippen molar-refractivity contribution in [2.75, 3.05) is 18.6 Å². The van der Waals surface area contributed by atoms with Crippen LogP contribution in [0, 0.1) is 17.8 Å². The molecule has 0 bridgehead atoms. The summed E-state index contributed by atoms with van der Waals surface area (Å²) in [6.45, 7) is 4.17. The summed E-state index contributed by atoms with van der Waals surface area (Å²) in [5.41, 5.74) is 1.66. The number of carbonyl (C=O) groups is 6. The Kier molecular flexibility index (Phi) is 19.4. The van der Waals surface area contributed by atoms with Gasteiger partial charge in [-0.1, -0.05) is 74.5 Å². The quantitative estimate of drug-likeness (QED) is 0.0876. The second-order valence-corrected chi connectivity index (χ2v) is 13.5. The zero-order valence-electron chi connectivity index (χ0n) is 28.7. The number of unbranched alkanes of at least 4 members (excludes halogenated alkanes) is 1. The SMILES string of the molecule is CSCC[C@H](CC=O)C(=O)N[C@@H](CC(C)C)C(=O)C[C@@H](Cc1ccccc1)C(=O)NCCCC[C@H](NC(=O)OCc1ccccc1)C(=O)O. The summed E-state index contributed by atoms with van der Waals surface area (Å²) >= 11 is 1.58. The molecule has 0 aromatic heterocycles. The minimum absolute atomic E-state index is 0.0150. The molecule has 0 saturated heterocycles. The maximum atomic E-state index is 13.7. The average Bonchev–Trinajstić information content (AvgIpc) is 3.08. The molecular weight excluding hydrogens is 646 g/mol. The van der Waals surface area contributed by atoms with Gasteiger partial charge in [-0.25, -0.2) is 9.59 Å². The number of nitrogens with one attached hydrogen (secondary N) is 3. The lowest BCUT2D eigenvalue weighted by Gasteiger charge is -2.24. The van der Waals surface area contributed by atoms with Crippen molar-refractivity contribution in [3.63, 3.8) is 0 Å². The highest BCUT2D eigenvalue weighted by Crippen LogP contribution is 2.19. The van der Waals surface area contributed by atoms with Gasteiger partial charge in [-0.2, -0.15) is 11.8 Å². The topological polar surface area (TPSA) is 168 Å². The van der Waals surface area contributed by atoms with Gasteiger partial charge in [0.2, 0.25) is 11.8 Å². The fraction of sp³-hybridized carbons (Fsp3) is 0.514. The molecule has 11 nitrogen and oxygen atoms in total. The molecule has 0 radical (unpaired) electrons. The molecule has 0 aliphatic rings. The van der Waals surface area contributed by atoms with Gasteiger partial charge < -0.3 is 30.6 Å². The molecule has 0 heterocycles. The summed E-state index contributed by atoms with van der Waals surface area (Å²) in [5.74, 6) is -2.49. The molecule has 2 rings (SSSR count). The van der Waals surface area contributed by atoms with Crippen LogP contribution in [0.1, 0.15) is 69.9 Å². The smallest absolute Gasteiger partial charge is 0.408 e. The number of alkyl carbamates (subject to hydrolysis) is 1. The van der Waals surface area contributed by atoms with Crippen molar-refractivity contribution in [1.82, 2.24) is 16.0 Å². The van der Waals surface area contributed by atoms with Crippen LogP contribution in [0.2, 0.25) is 0 Å². The molecule has 12 heteroatoms. The number of ether oxygens (including phenoxy) is 1. The normalized spacial score (nSPS) is 13.4. The van der Waals surface area contributed by atoms with Crippen molar-refractivity contribution in [2.24, 2.45) is 17.8 Å². The Morgan fingerprint density at radius 2 is 1.49 bits per heavy atom. The largest absolute Gasteiger partial charge is 0.480 e. The van der Waals surface area contributed by atoms with Crippen molar-refractivity contribution in [1.29, 1.82) is 0 Å². The summed E-state index contributed by atoms with van der Waals surface area (Å²) in [6.07, 6.45) is 4.04. The second-order valence-electron chi connectivity index (χ2n) is 12.5. The highest BCUT2D eigenvalue weighted by atomic mass is 32.2. The van der Waals surface area contributed by atoms with E-state index in [0.717, 1.165) is 17.4 Å². The maximum absolute atomic E-state index is 13.7. The first-order valence-electron chi connectivity index (χ1n) is 16.8. The van der Waals surface area contributed by atoms with Crippen LogP contribution in [-0.4, -0.2) is 71.7 Å². The number of thioether (sulfide) groups is 1. The molecule has 0 spiro atoms. The van der Waals surface area contributed by atoms with E-state index in [2.05, 4.69) is 16.0 Å². The number of hydrogen-bond donors (Lipinski definition) is 4. The van der Waals surface area contributed by atoms with E-state index in [0.29, 0.717) is 37.9 Å². The predicted molar refractivity (Wildman–Crippen MR) is 190 cm³/mol. The number of carboxylic acids is 1. The lowest BCUT2D eigenvalue weighted by molar-refractivity contribution is -0.139. The fourth-order valence-electron chi connectivity index (χ4n) is 5.30. The zero-order valence-corrected chi connectivity index (χ0v) is 29.5. The number of aliphatic carboxylic acids is 1. The number of ketones is 1. The minimum Gasteiger partial charge on any atom is -0.480 e. The van der Waals surface area contributed by atoms with Crippen molar-refractivity contribution in [3.8, 4) is 0 Å². The number of carbonyl (C=O) groups excluding carboxylic acids is 5. The van der Waals surface area contributed by atoms with E-state index in [1.54, 1.807) is 23.9 Å². The first-order chi connectivity index (χ1) is 23.5. The molecular formula is C37H51N3O8S. The lowest BCUT2D eigenvalue weighted by atomic mass is 9.88. The third-order valence-electron chi connectivity index (χ3n) is 8.00. The Morgan fingerprint density at radius 3 is 2.08 bits per heavy atom. The Balaban J connectivity index is 1.98. The van der Waals surface area contributed by atoms with Gasteiger partial charge in [0.05, 0.1) is 6.04 Å². The molecule has 2 aromatic rings. The molecule has 268 valence electrons. The Bertz CT molecular complexity index is 1330. The van der Waals surface area contributed by atoms with Crippen LogP contribution in [0.5, 0.6) is 0 Å². The number of hydrogen-bond acceptors (Lipinski definition) is 8. The number of rotatable bonds is 24. The predicted octanol–water partition coefficient (Wildman–Crippen LogP) is 4.96. The molecule has 3 amide bonds. The minimum atomic E-state index is -1.19. The van der Waals surface area contributed by atoms with Gasteiger partial charge in [-0.05, 0) is 67.6 Å². The zero-order chi connectivity index (χ0) is 36.0. The van der Waals surface area contributed by atoms with Crippen LogP contribution in [0.15, 0.2) is 60.7 Å². The van der Waals surface area contributed by atoms with Gasteiger partial charge in [0.1, 0.15) is 18.9 Å². The van der Waals surface area contributed by atoms with Gasteiger partial charge in [-0.15, -0.1) is 0 Å². The van der Waals surface area contributed by atoms with E-state index in [9.17, 15) is 33.9 Å². The van der Waals surface area contributed by atoms with Gasteiger partial charge in [0.25, 0.3) is 0 Å². The van der Waals surface area contributed by atoms with Crippen LogP contribution in [0.3, 0.4) is 0 Å². The number of carboxylic acid groups (broad SMARTS) is 1. The van der Waals surface area contributed by atoms with E-state index in [4.69, 9.17) is 4.74 Å². The van der Waals surface area contributed by atoms with Crippen LogP contribution >= 0.6 is 11.8 Å². The molecule has 0 aliphatic heterocycles. The van der Waals surface area contributed by atoms with Crippen molar-refractivity contribution in [2.45, 2.75) is 83.9 Å². The van der Waals surface area contributed by atoms with E-state index in [1.165, 1.54) is 0 Å². The molecule has 0 aliphatic carbocycles. The number of Topliss-reactive ketones (excluding diaryl/α,β-unsaturated/α-hetero) is 1. The summed E-state index contributed by atoms with van der Waals surface area (Å²) in [6, 6.07) is 16.5. The van der Waals surface area contributed by atoms with Gasteiger partial charge in [-0.3, -0.25) is 14.4 Å². The summed E-state index contributed by atoms with van der Waals surface area (Å²) in [4.78, 5) is 75.4. The third kappa shape index (κ3) is 16.7. The molecule has 0 unspecified atom stereocenters. The monoisotopic (exact) mass is 697 g/mol. The summed E-state index contributed by atoms with van der Waals surface area (Å²) in [7, 11) is 0. The van der Waals surface area contributed by atoms with Gasteiger partial charge in [0.15, 0.2) is 5.78 Å². The Morgan fingerprint density at radius 1 is 0.837 bits per heavy atom. The van der Waals surface area contributed by atoms with Crippen molar-refractivity contribution >= 4 is 47.7 Å². The Hall–Kier alpha value is -4.19. The van der Waals surface area contributed by atoms with Gasteiger partial charge in [0, 0.05) is 31.2 Å². The van der Waals surface area contributed by atoms with Crippen LogP contribution < -0.4 is 16.0 Å². The molecule has 49 heavy (non-hydrogen) atoms. The van der Waals surface area contributed by atoms with E-state index < -0.39 is 36.0 Å². The second kappa shape index (κ2) is 23.2. The number of aldehydes is 1. The van der Waals surface area contributed by atoms with E-state index in [1.807, 2.05) is 68.6 Å². The fourth-order valence-corrected chi connectivity index (χ4v) is 5.82. The number of amides is 3. The van der Waals surface area contributed by atoms with Gasteiger partial charge >= 0.3 is 12.1 Å². The molecule has 4 N–H and O–H groups in total. The molecule has 0 fully saturated rings. The van der Waals surface area contributed by atoms with Crippen LogP contribution in [0.25, 0.3) is 0 Å². The molecule has 0 saturated carbocycles. The number of benzene rings is 2. The van der Waals surface area contributed by atoms with E-state index in [-0.39, 0.29) is 55.9 Å². The standard InChI is InChI=1S/C37H51N3O8S/c1-26(2)22-32(39-35(44)29(17-20-41)18-21-49-3)33(42)24-30(23-27-12-6-4-7-13-27)34(43)38-19-11-10-16-31(36(45)46)40-37(47)48-25-28-14-8-5-9-15-28/h4-9,12-15,20,26,29-32H,10-11,16-19,21-25H2,1-3H3,(H,38,43)(H,39,44)(H,40,47)(H,45,46)/t29-,30+,31-,32-/m0/s1. The molecule has 4 atom stereocenters. The average molecular weight is 698 g/mol. The first-order valence-corrected chi connectivity index (χ1v) is 18.2. The van der Waals surface area contributed by atoms with Crippen LogP contribution in [0.4, 0.5) is 4.79 Å².